The summed E-state index contributed by atoms with van der Waals surface area (Å²) >= 11 is 0. The summed E-state index contributed by atoms with van der Waals surface area (Å²) in [7, 11) is 2.31. The number of hydrogen-bond donors (Lipinski definition) is 1. The molecular weight excluding hydrogens is 246 g/mol. The molecule has 2 rings (SSSR count). The Morgan fingerprint density at radius 3 is 2.55 bits per heavy atom. The Morgan fingerprint density at radius 1 is 1.25 bits per heavy atom. The molecule has 1 unspecified atom stereocenters. The number of nitrogens with zero attached hydrogens (tertiary/aromatic N) is 2. The molecular formula is C17H35N3. The molecule has 2 fully saturated rings. The van der Waals surface area contributed by atoms with Gasteiger partial charge in [-0.2, -0.15) is 0 Å². The third-order valence-corrected chi connectivity index (χ3v) is 4.90. The van der Waals surface area contributed by atoms with Crippen molar-refractivity contribution in [1.29, 1.82) is 0 Å². The van der Waals surface area contributed by atoms with Crippen LogP contribution < -0.4 is 5.32 Å². The molecule has 1 saturated carbocycles. The topological polar surface area (TPSA) is 18.5 Å². The molecule has 1 atom stereocenters. The van der Waals surface area contributed by atoms with E-state index in [1.165, 1.54) is 77.8 Å². The van der Waals surface area contributed by atoms with Crippen molar-refractivity contribution in [3.05, 3.63) is 0 Å². The second-order valence-corrected chi connectivity index (χ2v) is 7.50. The van der Waals surface area contributed by atoms with Gasteiger partial charge in [0.1, 0.15) is 0 Å². The van der Waals surface area contributed by atoms with Gasteiger partial charge in [-0.3, -0.25) is 0 Å². The van der Waals surface area contributed by atoms with Crippen LogP contribution in [0.5, 0.6) is 0 Å². The first-order valence-corrected chi connectivity index (χ1v) is 8.75. The number of rotatable bonds is 10. The first-order valence-electron chi connectivity index (χ1n) is 8.75. The molecule has 1 aliphatic carbocycles. The number of likely N-dealkylation sites (N-methyl/N-ethyl adjacent to an activating group) is 1. The summed E-state index contributed by atoms with van der Waals surface area (Å²) in [4.78, 5) is 5.18. The Bertz CT molecular complexity index is 271. The first-order chi connectivity index (χ1) is 9.61. The first kappa shape index (κ1) is 16.3. The van der Waals surface area contributed by atoms with E-state index in [4.69, 9.17) is 0 Å². The van der Waals surface area contributed by atoms with Crippen molar-refractivity contribution in [3.8, 4) is 0 Å². The highest BCUT2D eigenvalue weighted by Crippen LogP contribution is 2.26. The molecule has 118 valence electrons. The zero-order valence-electron chi connectivity index (χ0n) is 14.0. The highest BCUT2D eigenvalue weighted by Gasteiger charge is 2.29. The van der Waals surface area contributed by atoms with Gasteiger partial charge in [-0.25, -0.2) is 0 Å². The van der Waals surface area contributed by atoms with E-state index in [9.17, 15) is 0 Å². The van der Waals surface area contributed by atoms with Crippen LogP contribution in [0.1, 0.15) is 52.4 Å². The van der Waals surface area contributed by atoms with Gasteiger partial charge < -0.3 is 15.1 Å². The molecule has 3 nitrogen and oxygen atoms in total. The van der Waals surface area contributed by atoms with Crippen molar-refractivity contribution in [2.24, 2.45) is 5.41 Å². The minimum absolute atomic E-state index is 0.442. The average molecular weight is 281 g/mol. The fraction of sp³-hybridized carbons (Fsp3) is 1.00. The predicted octanol–water partition coefficient (Wildman–Crippen LogP) is 2.57. The smallest absolute Gasteiger partial charge is 0.0109 e. The van der Waals surface area contributed by atoms with E-state index in [0.29, 0.717) is 5.41 Å². The highest BCUT2D eigenvalue weighted by molar-refractivity contribution is 4.87. The van der Waals surface area contributed by atoms with Gasteiger partial charge in [0.25, 0.3) is 0 Å². The molecule has 0 amide bonds. The van der Waals surface area contributed by atoms with Crippen molar-refractivity contribution >= 4 is 0 Å². The molecule has 2 aliphatic rings. The lowest BCUT2D eigenvalue weighted by molar-refractivity contribution is 0.159. The van der Waals surface area contributed by atoms with Crippen LogP contribution in [0.15, 0.2) is 0 Å². The Balaban J connectivity index is 1.69. The van der Waals surface area contributed by atoms with E-state index in [1.807, 2.05) is 0 Å². The summed E-state index contributed by atoms with van der Waals surface area (Å²) in [5.74, 6) is 0. The molecule has 3 heteroatoms. The van der Waals surface area contributed by atoms with Crippen molar-refractivity contribution in [2.75, 3.05) is 46.3 Å². The standard InChI is InChI=1S/C17H35N3/c1-4-9-17(2,14-18-16-7-8-16)15-19(3)12-13-20-10-5-6-11-20/h16,18H,4-15H2,1-3H3. The van der Waals surface area contributed by atoms with Gasteiger partial charge in [-0.05, 0) is 57.7 Å². The van der Waals surface area contributed by atoms with Crippen molar-refractivity contribution < 1.29 is 0 Å². The van der Waals surface area contributed by atoms with E-state index in [0.717, 1.165) is 6.04 Å². The minimum Gasteiger partial charge on any atom is -0.313 e. The molecule has 1 saturated heterocycles. The van der Waals surface area contributed by atoms with E-state index < -0.39 is 0 Å². The normalized spacial score (nSPS) is 23.4. The lowest BCUT2D eigenvalue weighted by Crippen LogP contribution is -2.43. The van der Waals surface area contributed by atoms with Gasteiger partial charge in [0.15, 0.2) is 0 Å². The maximum atomic E-state index is 3.75. The molecule has 20 heavy (non-hydrogen) atoms. The predicted molar refractivity (Wildman–Crippen MR) is 87.2 cm³/mol. The quantitative estimate of drug-likeness (QED) is 0.664. The molecule has 0 aromatic carbocycles. The minimum atomic E-state index is 0.442. The summed E-state index contributed by atoms with van der Waals surface area (Å²) in [5, 5.41) is 3.75. The molecule has 0 radical (unpaired) electrons. The zero-order valence-corrected chi connectivity index (χ0v) is 14.0. The summed E-state index contributed by atoms with van der Waals surface area (Å²) in [6.45, 7) is 12.3. The second kappa shape index (κ2) is 7.77. The molecule has 0 aromatic heterocycles. The van der Waals surface area contributed by atoms with E-state index in [2.05, 4.69) is 36.0 Å². The Labute approximate surface area is 126 Å². The molecule has 1 heterocycles. The van der Waals surface area contributed by atoms with Crippen LogP contribution in [0.3, 0.4) is 0 Å². The third-order valence-electron chi connectivity index (χ3n) is 4.90. The summed E-state index contributed by atoms with van der Waals surface area (Å²) in [5.41, 5.74) is 0.442. The molecule has 0 bridgehead atoms. The number of likely N-dealkylation sites (tertiary alicyclic amines) is 1. The SMILES string of the molecule is CCCC(C)(CNC1CC1)CN(C)CCN1CCCC1. The van der Waals surface area contributed by atoms with E-state index >= 15 is 0 Å². The van der Waals surface area contributed by atoms with Crippen LogP contribution in [0.2, 0.25) is 0 Å². The second-order valence-electron chi connectivity index (χ2n) is 7.50. The molecule has 0 aromatic rings. The molecule has 1 aliphatic heterocycles. The van der Waals surface area contributed by atoms with Crippen molar-refractivity contribution in [1.82, 2.24) is 15.1 Å². The summed E-state index contributed by atoms with van der Waals surface area (Å²) in [6.07, 6.45) is 8.23. The zero-order chi connectivity index (χ0) is 14.4. The van der Waals surface area contributed by atoms with Crippen LogP contribution >= 0.6 is 0 Å². The monoisotopic (exact) mass is 281 g/mol. The fourth-order valence-corrected chi connectivity index (χ4v) is 3.55. The van der Waals surface area contributed by atoms with Crippen LogP contribution in [-0.2, 0) is 0 Å². The maximum Gasteiger partial charge on any atom is 0.0109 e. The largest absolute Gasteiger partial charge is 0.313 e. The fourth-order valence-electron chi connectivity index (χ4n) is 3.55. The molecule has 1 N–H and O–H groups in total. The lowest BCUT2D eigenvalue weighted by Gasteiger charge is -2.35. The van der Waals surface area contributed by atoms with Gasteiger partial charge in [0, 0.05) is 32.2 Å². The van der Waals surface area contributed by atoms with Crippen LogP contribution in [0, 0.1) is 5.41 Å². The van der Waals surface area contributed by atoms with Crippen LogP contribution in [-0.4, -0.2) is 62.2 Å². The Kier molecular flexibility index (Phi) is 6.31. The highest BCUT2D eigenvalue weighted by atomic mass is 15.2. The maximum absolute atomic E-state index is 3.75. The van der Waals surface area contributed by atoms with Gasteiger partial charge in [-0.1, -0.05) is 20.3 Å². The number of hydrogen-bond acceptors (Lipinski definition) is 3. The average Bonchev–Trinajstić information content (AvgIpc) is 3.09. The van der Waals surface area contributed by atoms with Crippen LogP contribution in [0.4, 0.5) is 0 Å². The van der Waals surface area contributed by atoms with Gasteiger partial charge in [0.05, 0.1) is 0 Å². The Morgan fingerprint density at radius 2 is 1.95 bits per heavy atom. The number of nitrogens with one attached hydrogen (secondary N) is 1. The third kappa shape index (κ3) is 5.71. The summed E-state index contributed by atoms with van der Waals surface area (Å²) < 4.78 is 0. The molecule has 0 spiro atoms. The lowest BCUT2D eigenvalue weighted by atomic mass is 9.85. The van der Waals surface area contributed by atoms with E-state index in [-0.39, 0.29) is 0 Å². The van der Waals surface area contributed by atoms with Crippen molar-refractivity contribution in [2.45, 2.75) is 58.4 Å². The van der Waals surface area contributed by atoms with Gasteiger partial charge >= 0.3 is 0 Å². The van der Waals surface area contributed by atoms with Gasteiger partial charge in [-0.15, -0.1) is 0 Å². The van der Waals surface area contributed by atoms with Crippen LogP contribution in [0.25, 0.3) is 0 Å². The summed E-state index contributed by atoms with van der Waals surface area (Å²) in [6, 6.07) is 0.834. The van der Waals surface area contributed by atoms with Crippen molar-refractivity contribution in [3.63, 3.8) is 0 Å². The Hall–Kier alpha value is -0.120. The van der Waals surface area contributed by atoms with E-state index in [1.54, 1.807) is 0 Å². The van der Waals surface area contributed by atoms with Gasteiger partial charge in [0.2, 0.25) is 0 Å².